The van der Waals surface area contributed by atoms with E-state index in [1.807, 2.05) is 0 Å². The molecule has 0 saturated heterocycles. The summed E-state index contributed by atoms with van der Waals surface area (Å²) in [5, 5.41) is 9.39. The lowest BCUT2D eigenvalue weighted by molar-refractivity contribution is 0.0917. The molecule has 0 spiro atoms. The van der Waals surface area contributed by atoms with Crippen molar-refractivity contribution in [1.29, 1.82) is 0 Å². The summed E-state index contributed by atoms with van der Waals surface area (Å²) in [5.74, 6) is -0.107. The zero-order valence-corrected chi connectivity index (χ0v) is 12.0. The van der Waals surface area contributed by atoms with Crippen LogP contribution in [-0.2, 0) is 0 Å². The Morgan fingerprint density at radius 2 is 2.24 bits per heavy atom. The Bertz CT molecular complexity index is 363. The molecule has 6 heteroatoms. The summed E-state index contributed by atoms with van der Waals surface area (Å²) >= 11 is 4.79. The molecule has 0 bridgehead atoms. The van der Waals surface area contributed by atoms with Gasteiger partial charge in [-0.05, 0) is 29.8 Å². The van der Waals surface area contributed by atoms with Crippen molar-refractivity contribution in [1.82, 2.24) is 14.9 Å². The summed E-state index contributed by atoms with van der Waals surface area (Å²) in [5.41, 5.74) is 0.660. The van der Waals surface area contributed by atoms with Crippen molar-refractivity contribution in [3.05, 3.63) is 11.1 Å². The summed E-state index contributed by atoms with van der Waals surface area (Å²) in [4.78, 5) is 11.8. The second-order valence-electron chi connectivity index (χ2n) is 4.67. The number of rotatable bonds is 4. The van der Waals surface area contributed by atoms with Crippen molar-refractivity contribution in [2.24, 2.45) is 5.41 Å². The van der Waals surface area contributed by atoms with Crippen LogP contribution in [0.25, 0.3) is 0 Å². The van der Waals surface area contributed by atoms with Crippen LogP contribution in [0.15, 0.2) is 5.38 Å². The molecule has 1 heterocycles. The molecule has 0 radical (unpaired) electrons. The third-order valence-corrected chi connectivity index (χ3v) is 5.11. The van der Waals surface area contributed by atoms with E-state index in [1.54, 1.807) is 5.38 Å². The number of carbonyl (C=O) groups excluding carboxylic acids is 1. The number of nitrogens with zero attached hydrogens (tertiary/aromatic N) is 2. The largest absolute Gasteiger partial charge is 0.350 e. The van der Waals surface area contributed by atoms with Gasteiger partial charge in [0.25, 0.3) is 5.91 Å². The van der Waals surface area contributed by atoms with Gasteiger partial charge in [-0.1, -0.05) is 39.7 Å². The maximum atomic E-state index is 11.8. The normalized spacial score (nSPS) is 18.9. The highest BCUT2D eigenvalue weighted by Gasteiger charge is 2.31. The molecule has 0 aromatic carbocycles. The fourth-order valence-electron chi connectivity index (χ4n) is 2.28. The maximum Gasteiger partial charge on any atom is 0.272 e. The first-order valence-electron chi connectivity index (χ1n) is 5.87. The molecule has 17 heavy (non-hydrogen) atoms. The van der Waals surface area contributed by atoms with E-state index in [2.05, 4.69) is 30.8 Å². The highest BCUT2D eigenvalue weighted by Crippen LogP contribution is 2.37. The summed E-state index contributed by atoms with van der Waals surface area (Å²) < 4.78 is 3.70. The number of carbonyl (C=O) groups is 1. The maximum absolute atomic E-state index is 11.8. The van der Waals surface area contributed by atoms with Crippen LogP contribution in [0.5, 0.6) is 0 Å². The first-order chi connectivity index (χ1) is 8.26. The number of alkyl halides is 1. The summed E-state index contributed by atoms with van der Waals surface area (Å²) in [6.45, 7) is 0.731. The van der Waals surface area contributed by atoms with E-state index in [4.69, 9.17) is 0 Å². The number of halogens is 1. The lowest BCUT2D eigenvalue weighted by Gasteiger charge is -2.35. The Morgan fingerprint density at radius 1 is 1.47 bits per heavy atom. The zero-order chi connectivity index (χ0) is 12.1. The average molecular weight is 318 g/mol. The van der Waals surface area contributed by atoms with Crippen LogP contribution < -0.4 is 5.32 Å². The third kappa shape index (κ3) is 3.25. The second-order valence-corrected chi connectivity index (χ2v) is 5.84. The molecule has 4 nitrogen and oxygen atoms in total. The zero-order valence-electron chi connectivity index (χ0n) is 9.62. The topological polar surface area (TPSA) is 54.9 Å². The molecule has 1 aromatic rings. The average Bonchev–Trinajstić information content (AvgIpc) is 2.91. The van der Waals surface area contributed by atoms with Gasteiger partial charge in [0.05, 0.1) is 0 Å². The molecule has 1 aliphatic carbocycles. The molecule has 1 fully saturated rings. The van der Waals surface area contributed by atoms with Crippen LogP contribution in [0, 0.1) is 5.41 Å². The lowest BCUT2D eigenvalue weighted by Crippen LogP contribution is -2.40. The van der Waals surface area contributed by atoms with Crippen molar-refractivity contribution >= 4 is 33.4 Å². The van der Waals surface area contributed by atoms with Crippen molar-refractivity contribution in [2.45, 2.75) is 32.1 Å². The third-order valence-electron chi connectivity index (χ3n) is 3.41. The minimum Gasteiger partial charge on any atom is -0.350 e. The number of aromatic nitrogens is 2. The highest BCUT2D eigenvalue weighted by molar-refractivity contribution is 9.09. The van der Waals surface area contributed by atoms with Crippen LogP contribution in [0.3, 0.4) is 0 Å². The summed E-state index contributed by atoms with van der Waals surface area (Å²) in [7, 11) is 0. The van der Waals surface area contributed by atoms with Gasteiger partial charge < -0.3 is 5.32 Å². The van der Waals surface area contributed by atoms with Crippen LogP contribution in [0.2, 0.25) is 0 Å². The van der Waals surface area contributed by atoms with Crippen LogP contribution >= 0.6 is 27.5 Å². The van der Waals surface area contributed by atoms with E-state index >= 15 is 0 Å². The van der Waals surface area contributed by atoms with Gasteiger partial charge >= 0.3 is 0 Å². The summed E-state index contributed by atoms with van der Waals surface area (Å²) in [6.07, 6.45) is 6.22. The van der Waals surface area contributed by atoms with E-state index in [0.29, 0.717) is 5.69 Å². The van der Waals surface area contributed by atoms with Gasteiger partial charge in [-0.3, -0.25) is 4.79 Å². The SMILES string of the molecule is O=C(NCC1(CBr)CCCCC1)c1csnn1. The number of amides is 1. The number of nitrogens with one attached hydrogen (secondary N) is 1. The molecular formula is C11H16BrN3OS. The molecule has 1 amide bonds. The van der Waals surface area contributed by atoms with Gasteiger partial charge in [0.2, 0.25) is 0 Å². The van der Waals surface area contributed by atoms with E-state index in [-0.39, 0.29) is 11.3 Å². The molecule has 1 saturated carbocycles. The Labute approximate surface area is 113 Å². The molecule has 0 unspecified atom stereocenters. The fraction of sp³-hybridized carbons (Fsp3) is 0.727. The highest BCUT2D eigenvalue weighted by atomic mass is 79.9. The minimum atomic E-state index is -0.107. The Morgan fingerprint density at radius 3 is 2.82 bits per heavy atom. The van der Waals surface area contributed by atoms with Crippen LogP contribution in [0.4, 0.5) is 0 Å². The first-order valence-corrected chi connectivity index (χ1v) is 7.83. The van der Waals surface area contributed by atoms with Gasteiger partial charge in [0, 0.05) is 17.3 Å². The molecule has 94 valence electrons. The lowest BCUT2D eigenvalue weighted by atomic mass is 9.75. The van der Waals surface area contributed by atoms with Crippen molar-refractivity contribution in [3.63, 3.8) is 0 Å². The van der Waals surface area contributed by atoms with Crippen molar-refractivity contribution < 1.29 is 4.79 Å². The van der Waals surface area contributed by atoms with Crippen molar-refractivity contribution in [3.8, 4) is 0 Å². The standard InChI is InChI=1S/C11H16BrN3OS/c12-7-11(4-2-1-3-5-11)8-13-10(16)9-6-17-15-14-9/h6H,1-5,7-8H2,(H,13,16). The smallest absolute Gasteiger partial charge is 0.272 e. The van der Waals surface area contributed by atoms with Crippen LogP contribution in [-0.4, -0.2) is 27.4 Å². The molecular weight excluding hydrogens is 302 g/mol. The fourth-order valence-corrected chi connectivity index (χ4v) is 3.48. The molecule has 1 N–H and O–H groups in total. The van der Waals surface area contributed by atoms with Gasteiger partial charge in [-0.15, -0.1) is 5.10 Å². The quantitative estimate of drug-likeness (QED) is 0.868. The van der Waals surface area contributed by atoms with Gasteiger partial charge in [-0.2, -0.15) is 0 Å². The molecule has 0 aliphatic heterocycles. The Hall–Kier alpha value is -0.490. The minimum absolute atomic E-state index is 0.107. The van der Waals surface area contributed by atoms with E-state index in [9.17, 15) is 4.79 Å². The molecule has 2 rings (SSSR count). The monoisotopic (exact) mass is 317 g/mol. The second kappa shape index (κ2) is 5.91. The first kappa shape index (κ1) is 13.0. The van der Waals surface area contributed by atoms with E-state index in [1.165, 1.54) is 43.6 Å². The summed E-state index contributed by atoms with van der Waals surface area (Å²) in [6, 6.07) is 0. The molecule has 1 aromatic heterocycles. The Kier molecular flexibility index (Phi) is 4.50. The molecule has 0 atom stereocenters. The predicted octanol–water partition coefficient (Wildman–Crippen LogP) is 2.61. The number of hydrogen-bond acceptors (Lipinski definition) is 4. The molecule has 1 aliphatic rings. The van der Waals surface area contributed by atoms with Gasteiger partial charge in [-0.25, -0.2) is 0 Å². The van der Waals surface area contributed by atoms with Crippen LogP contribution in [0.1, 0.15) is 42.6 Å². The van der Waals surface area contributed by atoms with E-state index in [0.717, 1.165) is 11.9 Å². The van der Waals surface area contributed by atoms with Crippen molar-refractivity contribution in [2.75, 3.05) is 11.9 Å². The van der Waals surface area contributed by atoms with Gasteiger partial charge in [0.1, 0.15) is 0 Å². The Balaban J connectivity index is 1.89. The van der Waals surface area contributed by atoms with E-state index < -0.39 is 0 Å². The number of hydrogen-bond donors (Lipinski definition) is 1. The predicted molar refractivity (Wildman–Crippen MR) is 71.6 cm³/mol. The van der Waals surface area contributed by atoms with Gasteiger partial charge in [0.15, 0.2) is 5.69 Å².